The minimum absolute atomic E-state index is 0.243. The highest BCUT2D eigenvalue weighted by Gasteiger charge is 2.19. The van der Waals surface area contributed by atoms with Crippen LogP contribution >= 0.6 is 22.6 Å². The van der Waals surface area contributed by atoms with E-state index < -0.39 is 10.1 Å². The Kier molecular flexibility index (Phi) is 13.9. The van der Waals surface area contributed by atoms with Crippen LogP contribution in [0.5, 0.6) is 0 Å². The molecule has 32 heavy (non-hydrogen) atoms. The molecule has 1 heterocycles. The third-order valence-corrected chi connectivity index (χ3v) is 7.86. The van der Waals surface area contributed by atoms with E-state index in [1.807, 2.05) is 6.92 Å². The van der Waals surface area contributed by atoms with Crippen LogP contribution in [0.15, 0.2) is 29.2 Å². The first kappa shape index (κ1) is 27.6. The minimum atomic E-state index is -3.61. The fourth-order valence-electron chi connectivity index (χ4n) is 4.26. The number of benzene rings is 1. The third kappa shape index (κ3) is 11.0. The van der Waals surface area contributed by atoms with Gasteiger partial charge in [-0.3, -0.25) is 9.08 Å². The van der Waals surface area contributed by atoms with Crippen molar-refractivity contribution in [2.24, 2.45) is 0 Å². The summed E-state index contributed by atoms with van der Waals surface area (Å²) in [7, 11) is -3.61. The zero-order valence-electron chi connectivity index (χ0n) is 19.7. The van der Waals surface area contributed by atoms with Gasteiger partial charge < -0.3 is 0 Å². The molecule has 1 fully saturated rings. The van der Waals surface area contributed by atoms with Crippen LogP contribution in [0.1, 0.15) is 89.0 Å². The molecule has 0 saturated carbocycles. The average Bonchev–Trinajstić information content (AvgIpc) is 3.31. The molecule has 0 N–H and O–H groups in total. The van der Waals surface area contributed by atoms with Gasteiger partial charge in [-0.15, -0.1) is 0 Å². The second kappa shape index (κ2) is 16.1. The molecule has 1 unspecified atom stereocenters. The Morgan fingerprint density at radius 1 is 0.906 bits per heavy atom. The van der Waals surface area contributed by atoms with Crippen LogP contribution in [0.25, 0.3) is 0 Å². The molecule has 1 aliphatic heterocycles. The summed E-state index contributed by atoms with van der Waals surface area (Å²) in [4.78, 5) is 2.81. The van der Waals surface area contributed by atoms with Gasteiger partial charge in [0.15, 0.2) is 0 Å². The first-order valence-electron chi connectivity index (χ1n) is 12.3. The van der Waals surface area contributed by atoms with Crippen molar-refractivity contribution in [3.63, 3.8) is 0 Å². The highest BCUT2D eigenvalue weighted by molar-refractivity contribution is 14.1. The number of aryl methyl sites for hydroxylation is 1. The molecular formula is C26H40INO3S. The molecule has 0 bridgehead atoms. The molecule has 1 saturated heterocycles. The maximum Gasteiger partial charge on any atom is 0.296 e. The molecule has 1 atom stereocenters. The molecule has 1 aliphatic rings. The van der Waals surface area contributed by atoms with E-state index in [0.29, 0.717) is 6.04 Å². The number of hydrogen-bond donors (Lipinski definition) is 0. The van der Waals surface area contributed by atoms with E-state index in [0.717, 1.165) is 24.8 Å². The number of nitrogens with zero attached hydrogens (tertiary/aromatic N) is 1. The standard InChI is InChI=1S/C26H40INO3S/c1-24-15-17-26(18-16-24)32(29,30)31-23-13-9-7-5-3-2-4-6-8-10-14-25(19-20-27)28-21-11-12-22-28/h15-18,25H,2-14,21-23H2,1H3. The van der Waals surface area contributed by atoms with Gasteiger partial charge in [-0.1, -0.05) is 81.4 Å². The SMILES string of the molecule is Cc1ccc(S(=O)(=O)OCCCCCCCCCCCCC(C#CI)N2CCCC2)cc1. The van der Waals surface area contributed by atoms with Crippen molar-refractivity contribution in [3.8, 4) is 9.85 Å². The molecular weight excluding hydrogens is 533 g/mol. The number of halogens is 1. The van der Waals surface area contributed by atoms with E-state index in [4.69, 9.17) is 4.18 Å². The number of unbranched alkanes of at least 4 members (excludes halogenated alkanes) is 9. The van der Waals surface area contributed by atoms with Crippen molar-refractivity contribution in [1.29, 1.82) is 0 Å². The minimum Gasteiger partial charge on any atom is -0.290 e. The molecule has 180 valence electrons. The predicted octanol–water partition coefficient (Wildman–Crippen LogP) is 6.85. The summed E-state index contributed by atoms with van der Waals surface area (Å²) in [6.07, 6.45) is 15.9. The van der Waals surface area contributed by atoms with Crippen LogP contribution in [0.4, 0.5) is 0 Å². The van der Waals surface area contributed by atoms with Crippen LogP contribution < -0.4 is 0 Å². The molecule has 6 heteroatoms. The summed E-state index contributed by atoms with van der Waals surface area (Å²) in [6, 6.07) is 7.28. The van der Waals surface area contributed by atoms with Gasteiger partial charge in [0.25, 0.3) is 10.1 Å². The van der Waals surface area contributed by atoms with E-state index in [1.54, 1.807) is 24.3 Å². The number of rotatable bonds is 16. The largest absolute Gasteiger partial charge is 0.296 e. The van der Waals surface area contributed by atoms with Gasteiger partial charge in [0.2, 0.25) is 0 Å². The van der Waals surface area contributed by atoms with E-state index in [-0.39, 0.29) is 11.5 Å². The zero-order chi connectivity index (χ0) is 23.1. The number of likely N-dealkylation sites (tertiary alicyclic amines) is 1. The highest BCUT2D eigenvalue weighted by Crippen LogP contribution is 2.18. The lowest BCUT2D eigenvalue weighted by Crippen LogP contribution is -2.31. The van der Waals surface area contributed by atoms with Gasteiger partial charge in [-0.25, -0.2) is 0 Å². The van der Waals surface area contributed by atoms with E-state index in [1.165, 1.54) is 77.3 Å². The first-order chi connectivity index (χ1) is 15.5. The van der Waals surface area contributed by atoms with Gasteiger partial charge >= 0.3 is 0 Å². The fourth-order valence-corrected chi connectivity index (χ4v) is 5.56. The Morgan fingerprint density at radius 3 is 2.00 bits per heavy atom. The summed E-state index contributed by atoms with van der Waals surface area (Å²) < 4.78 is 32.5. The summed E-state index contributed by atoms with van der Waals surface area (Å²) >= 11 is 2.17. The second-order valence-corrected chi connectivity index (χ2v) is 11.1. The molecule has 1 aromatic carbocycles. The maximum atomic E-state index is 12.1. The number of hydrogen-bond acceptors (Lipinski definition) is 4. The Balaban J connectivity index is 1.40. The molecule has 0 spiro atoms. The second-order valence-electron chi connectivity index (χ2n) is 8.91. The van der Waals surface area contributed by atoms with Gasteiger partial charge in [0.1, 0.15) is 0 Å². The lowest BCUT2D eigenvalue weighted by Gasteiger charge is -2.22. The van der Waals surface area contributed by atoms with Gasteiger partial charge in [-0.2, -0.15) is 8.42 Å². The lowest BCUT2D eigenvalue weighted by molar-refractivity contribution is 0.274. The highest BCUT2D eigenvalue weighted by atomic mass is 127. The van der Waals surface area contributed by atoms with Crippen molar-refractivity contribution in [1.82, 2.24) is 4.90 Å². The average molecular weight is 574 g/mol. The van der Waals surface area contributed by atoms with Crippen LogP contribution in [-0.4, -0.2) is 39.1 Å². The molecule has 4 nitrogen and oxygen atoms in total. The molecule has 0 radical (unpaired) electrons. The fraction of sp³-hybridized carbons (Fsp3) is 0.692. The van der Waals surface area contributed by atoms with Crippen LogP contribution in [0, 0.1) is 16.8 Å². The van der Waals surface area contributed by atoms with E-state index >= 15 is 0 Å². The Morgan fingerprint density at radius 2 is 1.44 bits per heavy atom. The molecule has 0 aliphatic carbocycles. The van der Waals surface area contributed by atoms with Gasteiger partial charge in [-0.05, 0) is 61.8 Å². The van der Waals surface area contributed by atoms with Crippen molar-refractivity contribution in [3.05, 3.63) is 29.8 Å². The molecule has 2 rings (SSSR count). The maximum absolute atomic E-state index is 12.1. The Bertz CT molecular complexity index is 793. The predicted molar refractivity (Wildman–Crippen MR) is 141 cm³/mol. The summed E-state index contributed by atoms with van der Waals surface area (Å²) in [5, 5.41) is 0. The normalized spacial score (nSPS) is 15.4. The van der Waals surface area contributed by atoms with E-state index in [2.05, 4.69) is 37.3 Å². The summed E-state index contributed by atoms with van der Waals surface area (Å²) in [6.45, 7) is 4.66. The zero-order valence-corrected chi connectivity index (χ0v) is 22.6. The van der Waals surface area contributed by atoms with Crippen LogP contribution in [0.2, 0.25) is 0 Å². The molecule has 0 aromatic heterocycles. The smallest absolute Gasteiger partial charge is 0.290 e. The Labute approximate surface area is 210 Å². The van der Waals surface area contributed by atoms with Crippen molar-refractivity contribution in [2.45, 2.75) is 101 Å². The van der Waals surface area contributed by atoms with Crippen molar-refractivity contribution >= 4 is 32.7 Å². The quantitative estimate of drug-likeness (QED) is 0.0940. The van der Waals surface area contributed by atoms with Gasteiger partial charge in [0.05, 0.1) is 17.5 Å². The lowest BCUT2D eigenvalue weighted by atomic mass is 10.0. The van der Waals surface area contributed by atoms with Gasteiger partial charge in [0, 0.05) is 22.6 Å². The molecule has 0 amide bonds. The molecule has 1 aromatic rings. The van der Waals surface area contributed by atoms with Crippen LogP contribution in [0.3, 0.4) is 0 Å². The Hall–Kier alpha value is -0.620. The van der Waals surface area contributed by atoms with Crippen molar-refractivity contribution < 1.29 is 12.6 Å². The summed E-state index contributed by atoms with van der Waals surface area (Å²) in [5.41, 5.74) is 1.04. The topological polar surface area (TPSA) is 46.6 Å². The van der Waals surface area contributed by atoms with Crippen molar-refractivity contribution in [2.75, 3.05) is 19.7 Å². The monoisotopic (exact) mass is 573 g/mol. The first-order valence-corrected chi connectivity index (χ1v) is 14.8. The third-order valence-electron chi connectivity index (χ3n) is 6.22. The van der Waals surface area contributed by atoms with Crippen LogP contribution in [-0.2, 0) is 14.3 Å². The van der Waals surface area contributed by atoms with E-state index in [9.17, 15) is 8.42 Å². The summed E-state index contributed by atoms with van der Waals surface area (Å²) in [5.74, 6) is 3.40.